The van der Waals surface area contributed by atoms with E-state index in [1.807, 2.05) is 12.1 Å². The van der Waals surface area contributed by atoms with Crippen LogP contribution in [0.3, 0.4) is 0 Å². The number of thiophene rings is 1. The van der Waals surface area contributed by atoms with Crippen LogP contribution in [-0.2, 0) is 16.0 Å². The van der Waals surface area contributed by atoms with Crippen molar-refractivity contribution in [2.75, 3.05) is 0 Å². The van der Waals surface area contributed by atoms with Crippen molar-refractivity contribution in [3.05, 3.63) is 35.2 Å². The van der Waals surface area contributed by atoms with E-state index in [4.69, 9.17) is 0 Å². The molecule has 0 bridgehead atoms. The molecule has 1 amide bonds. The molecule has 0 radical (unpaired) electrons. The van der Waals surface area contributed by atoms with Crippen LogP contribution < -0.4 is 5.32 Å². The van der Waals surface area contributed by atoms with Crippen molar-refractivity contribution in [3.8, 4) is 0 Å². The summed E-state index contributed by atoms with van der Waals surface area (Å²) in [5.41, 5.74) is 0.275. The van der Waals surface area contributed by atoms with Crippen molar-refractivity contribution in [3.63, 3.8) is 0 Å². The van der Waals surface area contributed by atoms with Gasteiger partial charge in [-0.15, -0.1) is 11.3 Å². The third-order valence-electron chi connectivity index (χ3n) is 4.41. The molecule has 2 aromatic rings. The molecule has 1 saturated carbocycles. The Morgan fingerprint density at radius 3 is 2.73 bits per heavy atom. The molecule has 1 fully saturated rings. The zero-order chi connectivity index (χ0) is 15.6. The van der Waals surface area contributed by atoms with E-state index in [2.05, 4.69) is 22.8 Å². The highest BCUT2D eigenvalue weighted by Crippen LogP contribution is 2.32. The molecule has 1 aliphatic carbocycles. The van der Waals surface area contributed by atoms with Crippen LogP contribution in [0.5, 0.6) is 0 Å². The van der Waals surface area contributed by atoms with Gasteiger partial charge in [0.2, 0.25) is 5.91 Å². The van der Waals surface area contributed by atoms with Crippen molar-refractivity contribution in [2.45, 2.75) is 44.1 Å². The quantitative estimate of drug-likeness (QED) is 0.858. The van der Waals surface area contributed by atoms with Crippen LogP contribution in [0.1, 0.15) is 37.7 Å². The van der Waals surface area contributed by atoms with Crippen LogP contribution in [0.2, 0.25) is 0 Å². The van der Waals surface area contributed by atoms with Crippen molar-refractivity contribution in [2.24, 2.45) is 0 Å². The maximum atomic E-state index is 12.0. The second-order valence-corrected chi connectivity index (χ2v) is 6.81. The third-order valence-corrected chi connectivity index (χ3v) is 5.42. The predicted octanol–water partition coefficient (Wildman–Crippen LogP) is 3.35. The third kappa shape index (κ3) is 2.86. The predicted molar refractivity (Wildman–Crippen MR) is 87.1 cm³/mol. The van der Waals surface area contributed by atoms with Gasteiger partial charge in [-0.25, -0.2) is 4.79 Å². The van der Waals surface area contributed by atoms with E-state index >= 15 is 0 Å². The number of carboxylic acids is 1. The Hall–Kier alpha value is -1.88. The number of benzene rings is 1. The Morgan fingerprint density at radius 2 is 2.05 bits per heavy atom. The van der Waals surface area contributed by atoms with Crippen LogP contribution in [0.15, 0.2) is 29.6 Å². The number of rotatable bonds is 6. The monoisotopic (exact) mass is 317 g/mol. The molecule has 116 valence electrons. The van der Waals surface area contributed by atoms with Gasteiger partial charge in [-0.3, -0.25) is 4.79 Å². The smallest absolute Gasteiger partial charge is 0.329 e. The first-order valence-electron chi connectivity index (χ1n) is 7.60. The first kappa shape index (κ1) is 15.0. The molecule has 0 aliphatic heterocycles. The summed E-state index contributed by atoms with van der Waals surface area (Å²) in [5, 5.41) is 15.3. The maximum absolute atomic E-state index is 12.0. The van der Waals surface area contributed by atoms with Crippen molar-refractivity contribution in [1.29, 1.82) is 0 Å². The molecule has 4 nitrogen and oxygen atoms in total. The van der Waals surface area contributed by atoms with Gasteiger partial charge in [-0.05, 0) is 54.5 Å². The number of carbonyl (C=O) groups excluding carboxylic acids is 1. The number of fused-ring (bicyclic) bond motifs is 1. The highest BCUT2D eigenvalue weighted by molar-refractivity contribution is 7.17. The van der Waals surface area contributed by atoms with E-state index < -0.39 is 11.5 Å². The van der Waals surface area contributed by atoms with Gasteiger partial charge >= 0.3 is 5.97 Å². The number of aliphatic carboxylic acids is 1. The highest BCUT2D eigenvalue weighted by atomic mass is 32.1. The Kier molecular flexibility index (Phi) is 4.16. The summed E-state index contributed by atoms with van der Waals surface area (Å²) in [4.78, 5) is 23.2. The van der Waals surface area contributed by atoms with E-state index in [-0.39, 0.29) is 5.91 Å². The summed E-state index contributed by atoms with van der Waals surface area (Å²) in [6.07, 6.45) is 3.92. The van der Waals surface area contributed by atoms with Gasteiger partial charge < -0.3 is 10.4 Å². The minimum atomic E-state index is -0.994. The lowest BCUT2D eigenvalue weighted by atomic mass is 9.76. The van der Waals surface area contributed by atoms with E-state index in [9.17, 15) is 14.7 Å². The van der Waals surface area contributed by atoms with Gasteiger partial charge in [0.25, 0.3) is 0 Å². The molecule has 3 rings (SSSR count). The largest absolute Gasteiger partial charge is 0.480 e. The van der Waals surface area contributed by atoms with Crippen molar-refractivity contribution < 1.29 is 14.7 Å². The Bertz CT molecular complexity index is 703. The lowest BCUT2D eigenvalue weighted by molar-refractivity contribution is -0.151. The molecule has 1 aromatic carbocycles. The standard InChI is InChI=1S/C17H19NO3S/c19-15(18-17(16(20)21)9-4-10-17)8-3-5-12-11-22-14-7-2-1-6-13(12)14/h1-2,6-7,11H,3-5,8-10H2,(H,18,19)(H,20,21). The van der Waals surface area contributed by atoms with E-state index in [1.165, 1.54) is 15.6 Å². The number of nitrogens with one attached hydrogen (secondary N) is 1. The van der Waals surface area contributed by atoms with Gasteiger partial charge in [0.15, 0.2) is 0 Å². The lowest BCUT2D eigenvalue weighted by Crippen LogP contribution is -2.59. The molecule has 0 atom stereocenters. The number of aryl methyl sites for hydroxylation is 1. The maximum Gasteiger partial charge on any atom is 0.329 e. The fraction of sp³-hybridized carbons (Fsp3) is 0.412. The van der Waals surface area contributed by atoms with E-state index in [0.29, 0.717) is 19.3 Å². The number of hydrogen-bond acceptors (Lipinski definition) is 3. The van der Waals surface area contributed by atoms with Gasteiger partial charge in [0.1, 0.15) is 5.54 Å². The lowest BCUT2D eigenvalue weighted by Gasteiger charge is -2.38. The van der Waals surface area contributed by atoms with Crippen LogP contribution >= 0.6 is 11.3 Å². The number of amides is 1. The summed E-state index contributed by atoms with van der Waals surface area (Å²) in [5.74, 6) is -1.06. The minimum Gasteiger partial charge on any atom is -0.480 e. The van der Waals surface area contributed by atoms with Crippen LogP contribution in [0, 0.1) is 0 Å². The Labute approximate surface area is 133 Å². The van der Waals surface area contributed by atoms with E-state index in [0.717, 1.165) is 19.3 Å². The molecule has 0 spiro atoms. The first-order chi connectivity index (χ1) is 10.6. The number of carbonyl (C=O) groups is 2. The summed E-state index contributed by atoms with van der Waals surface area (Å²) in [7, 11) is 0. The summed E-state index contributed by atoms with van der Waals surface area (Å²) in [6.45, 7) is 0. The number of hydrogen-bond donors (Lipinski definition) is 2. The fourth-order valence-electron chi connectivity index (χ4n) is 2.92. The topological polar surface area (TPSA) is 66.4 Å². The normalized spacial score (nSPS) is 16.2. The summed E-state index contributed by atoms with van der Waals surface area (Å²) < 4.78 is 1.27. The van der Waals surface area contributed by atoms with E-state index in [1.54, 1.807) is 11.3 Å². The van der Waals surface area contributed by atoms with Gasteiger partial charge in [-0.1, -0.05) is 18.2 Å². The fourth-order valence-corrected chi connectivity index (χ4v) is 3.92. The highest BCUT2D eigenvalue weighted by Gasteiger charge is 2.45. The Balaban J connectivity index is 1.53. The molecule has 1 aromatic heterocycles. The average molecular weight is 317 g/mol. The molecular weight excluding hydrogens is 298 g/mol. The van der Waals surface area contributed by atoms with Gasteiger partial charge in [-0.2, -0.15) is 0 Å². The SMILES string of the molecule is O=C(CCCc1csc2ccccc12)NC1(C(=O)O)CCC1. The first-order valence-corrected chi connectivity index (χ1v) is 8.48. The molecule has 1 heterocycles. The second-order valence-electron chi connectivity index (χ2n) is 5.90. The summed E-state index contributed by atoms with van der Waals surface area (Å²) in [6, 6.07) is 8.26. The molecule has 1 aliphatic rings. The molecule has 0 saturated heterocycles. The Morgan fingerprint density at radius 1 is 1.27 bits per heavy atom. The molecule has 5 heteroatoms. The van der Waals surface area contributed by atoms with Gasteiger partial charge in [0, 0.05) is 11.1 Å². The van der Waals surface area contributed by atoms with Crippen LogP contribution in [-0.4, -0.2) is 22.5 Å². The molecular formula is C17H19NO3S. The number of carboxylic acid groups (broad SMARTS) is 1. The summed E-state index contributed by atoms with van der Waals surface area (Å²) >= 11 is 1.72. The second kappa shape index (κ2) is 6.08. The zero-order valence-electron chi connectivity index (χ0n) is 12.3. The average Bonchev–Trinajstić information content (AvgIpc) is 2.86. The molecule has 2 N–H and O–H groups in total. The van der Waals surface area contributed by atoms with Crippen molar-refractivity contribution in [1.82, 2.24) is 5.32 Å². The minimum absolute atomic E-state index is 0.151. The van der Waals surface area contributed by atoms with Crippen LogP contribution in [0.25, 0.3) is 10.1 Å². The van der Waals surface area contributed by atoms with Gasteiger partial charge in [0.05, 0.1) is 0 Å². The molecule has 22 heavy (non-hydrogen) atoms. The molecule has 0 unspecified atom stereocenters. The zero-order valence-corrected chi connectivity index (χ0v) is 13.1. The van der Waals surface area contributed by atoms with Crippen molar-refractivity contribution >= 4 is 33.3 Å². The van der Waals surface area contributed by atoms with Crippen LogP contribution in [0.4, 0.5) is 0 Å².